The molecule has 168 valence electrons. The van der Waals surface area contributed by atoms with E-state index in [1.165, 1.54) is 12.8 Å². The maximum atomic E-state index is 12.5. The molecule has 0 saturated carbocycles. The number of para-hydroxylation sites is 1. The topological polar surface area (TPSA) is 72.9 Å². The van der Waals surface area contributed by atoms with Gasteiger partial charge in [0.05, 0.1) is 14.2 Å². The number of nitrogens with one attached hydrogen (secondary N) is 1. The van der Waals surface area contributed by atoms with Gasteiger partial charge in [-0.25, -0.2) is 4.98 Å². The molecule has 0 bridgehead atoms. The summed E-state index contributed by atoms with van der Waals surface area (Å²) in [7, 11) is 3.12. The van der Waals surface area contributed by atoms with Gasteiger partial charge in [-0.05, 0) is 49.1 Å². The number of aromatic nitrogens is 1. The number of rotatable bonds is 7. The fraction of sp³-hybridized carbons (Fsp3) is 0.360. The minimum absolute atomic E-state index is 0.124. The molecule has 7 nitrogen and oxygen atoms in total. The van der Waals surface area contributed by atoms with Gasteiger partial charge in [-0.3, -0.25) is 4.79 Å². The van der Waals surface area contributed by atoms with E-state index in [2.05, 4.69) is 29.3 Å². The summed E-state index contributed by atoms with van der Waals surface area (Å²) in [5.41, 5.74) is 1.37. The van der Waals surface area contributed by atoms with E-state index in [1.54, 1.807) is 32.4 Å². The Labute approximate surface area is 188 Å². The van der Waals surface area contributed by atoms with E-state index in [0.29, 0.717) is 22.9 Å². The van der Waals surface area contributed by atoms with E-state index in [4.69, 9.17) is 19.2 Å². The van der Waals surface area contributed by atoms with Crippen molar-refractivity contribution < 1.29 is 19.0 Å². The number of amides is 1. The van der Waals surface area contributed by atoms with Crippen molar-refractivity contribution in [3.8, 4) is 17.2 Å². The second-order valence-electron chi connectivity index (χ2n) is 8.07. The lowest BCUT2D eigenvalue weighted by atomic mass is 9.99. The third kappa shape index (κ3) is 4.88. The average Bonchev–Trinajstić information content (AvgIpc) is 2.82. The van der Waals surface area contributed by atoms with Crippen LogP contribution in [-0.2, 0) is 4.79 Å². The first-order valence-corrected chi connectivity index (χ1v) is 10.9. The number of nitrogens with zero attached hydrogens (tertiary/aromatic N) is 2. The Morgan fingerprint density at radius 2 is 1.81 bits per heavy atom. The third-order valence-corrected chi connectivity index (χ3v) is 5.80. The van der Waals surface area contributed by atoms with Crippen molar-refractivity contribution in [2.75, 3.05) is 44.1 Å². The monoisotopic (exact) mass is 435 g/mol. The molecule has 2 heterocycles. The van der Waals surface area contributed by atoms with Crippen LogP contribution in [0.3, 0.4) is 0 Å². The van der Waals surface area contributed by atoms with E-state index in [9.17, 15) is 4.79 Å². The number of anilines is 2. The number of piperidine rings is 1. The number of pyridine rings is 1. The molecular weight excluding hydrogens is 406 g/mol. The van der Waals surface area contributed by atoms with Crippen LogP contribution in [-0.4, -0.2) is 44.8 Å². The van der Waals surface area contributed by atoms with Crippen LogP contribution in [0.4, 0.5) is 11.5 Å². The van der Waals surface area contributed by atoms with Crippen LogP contribution in [0.1, 0.15) is 19.8 Å². The largest absolute Gasteiger partial charge is 0.493 e. The van der Waals surface area contributed by atoms with E-state index in [-0.39, 0.29) is 12.5 Å². The molecule has 0 atom stereocenters. The zero-order chi connectivity index (χ0) is 22.5. The van der Waals surface area contributed by atoms with Gasteiger partial charge in [-0.1, -0.05) is 19.1 Å². The van der Waals surface area contributed by atoms with Crippen molar-refractivity contribution in [3.63, 3.8) is 0 Å². The zero-order valence-corrected chi connectivity index (χ0v) is 18.8. The molecule has 1 saturated heterocycles. The van der Waals surface area contributed by atoms with Gasteiger partial charge in [0.15, 0.2) is 18.1 Å². The number of fused-ring (bicyclic) bond motifs is 1. The summed E-state index contributed by atoms with van der Waals surface area (Å²) in [5.74, 6) is 3.18. The number of ether oxygens (including phenoxy) is 3. The Morgan fingerprint density at radius 3 is 2.56 bits per heavy atom. The molecule has 3 aromatic rings. The second-order valence-corrected chi connectivity index (χ2v) is 8.07. The molecular formula is C25H29N3O4. The average molecular weight is 436 g/mol. The molecule has 2 aromatic carbocycles. The minimum atomic E-state index is -0.268. The summed E-state index contributed by atoms with van der Waals surface area (Å²) >= 11 is 0. The highest BCUT2D eigenvalue weighted by molar-refractivity contribution is 5.93. The lowest BCUT2D eigenvalue weighted by molar-refractivity contribution is -0.118. The molecule has 1 fully saturated rings. The Kier molecular flexibility index (Phi) is 6.63. The Balaban J connectivity index is 1.45. The van der Waals surface area contributed by atoms with Crippen molar-refractivity contribution in [3.05, 3.63) is 48.5 Å². The lowest BCUT2D eigenvalue weighted by Crippen LogP contribution is -2.33. The first-order chi connectivity index (χ1) is 15.6. The Hall–Kier alpha value is -3.48. The van der Waals surface area contributed by atoms with Crippen molar-refractivity contribution in [2.24, 2.45) is 5.92 Å². The van der Waals surface area contributed by atoms with Gasteiger partial charge in [0.2, 0.25) is 0 Å². The van der Waals surface area contributed by atoms with E-state index < -0.39 is 0 Å². The number of hydrogen-bond acceptors (Lipinski definition) is 6. The lowest BCUT2D eigenvalue weighted by Gasteiger charge is -2.31. The summed E-state index contributed by atoms with van der Waals surface area (Å²) in [6.07, 6.45) is 2.35. The van der Waals surface area contributed by atoms with Crippen molar-refractivity contribution in [1.29, 1.82) is 0 Å². The molecule has 1 N–H and O–H groups in total. The summed E-state index contributed by atoms with van der Waals surface area (Å²) in [6.45, 7) is 4.19. The predicted octanol–water partition coefficient (Wildman–Crippen LogP) is 4.51. The van der Waals surface area contributed by atoms with Gasteiger partial charge in [-0.15, -0.1) is 0 Å². The summed E-state index contributed by atoms with van der Waals surface area (Å²) < 4.78 is 16.4. The fourth-order valence-electron chi connectivity index (χ4n) is 3.89. The van der Waals surface area contributed by atoms with Gasteiger partial charge in [0.25, 0.3) is 5.91 Å². The number of benzene rings is 2. The maximum absolute atomic E-state index is 12.5. The van der Waals surface area contributed by atoms with E-state index >= 15 is 0 Å². The number of carbonyl (C=O) groups excluding carboxylic acids is 1. The van der Waals surface area contributed by atoms with Gasteiger partial charge < -0.3 is 24.4 Å². The molecule has 1 aliphatic rings. The SMILES string of the molecule is COc1ccc(NC(=O)COc2cccc3ccc(N4CCC(C)CC4)nc23)cc1OC. The predicted molar refractivity (Wildman–Crippen MR) is 126 cm³/mol. The highest BCUT2D eigenvalue weighted by Gasteiger charge is 2.18. The number of methoxy groups -OCH3 is 2. The van der Waals surface area contributed by atoms with Crippen molar-refractivity contribution >= 4 is 28.3 Å². The fourth-order valence-corrected chi connectivity index (χ4v) is 3.89. The van der Waals surface area contributed by atoms with Crippen LogP contribution >= 0.6 is 0 Å². The van der Waals surface area contributed by atoms with Crippen LogP contribution in [0.2, 0.25) is 0 Å². The molecule has 32 heavy (non-hydrogen) atoms. The first-order valence-electron chi connectivity index (χ1n) is 10.9. The Morgan fingerprint density at radius 1 is 1.03 bits per heavy atom. The quantitative estimate of drug-likeness (QED) is 0.589. The Bertz CT molecular complexity index is 1090. The van der Waals surface area contributed by atoms with Crippen molar-refractivity contribution in [2.45, 2.75) is 19.8 Å². The normalized spacial score (nSPS) is 14.3. The maximum Gasteiger partial charge on any atom is 0.262 e. The molecule has 4 rings (SSSR count). The molecule has 7 heteroatoms. The third-order valence-electron chi connectivity index (χ3n) is 5.80. The summed E-state index contributed by atoms with van der Waals surface area (Å²) in [6, 6.07) is 15.1. The standard InChI is InChI=1S/C25H29N3O4/c1-17-11-13-28(14-12-17)23-10-7-18-5-4-6-21(25(18)27-23)32-16-24(29)26-19-8-9-20(30-2)22(15-19)31-3/h4-10,15,17H,11-14,16H2,1-3H3,(H,26,29). The zero-order valence-electron chi connectivity index (χ0n) is 18.8. The van der Waals surface area contributed by atoms with Crippen LogP contribution in [0.5, 0.6) is 17.2 Å². The number of hydrogen-bond donors (Lipinski definition) is 1. The molecule has 0 radical (unpaired) electrons. The molecule has 0 aliphatic carbocycles. The molecule has 1 amide bonds. The van der Waals surface area contributed by atoms with Crippen LogP contribution in [0, 0.1) is 5.92 Å². The van der Waals surface area contributed by atoms with Gasteiger partial charge in [0, 0.05) is 30.2 Å². The molecule has 1 aromatic heterocycles. The molecule has 0 unspecified atom stereocenters. The van der Waals surface area contributed by atoms with Crippen LogP contribution in [0.25, 0.3) is 10.9 Å². The van der Waals surface area contributed by atoms with E-state index in [1.807, 2.05) is 18.2 Å². The second kappa shape index (κ2) is 9.77. The summed E-state index contributed by atoms with van der Waals surface area (Å²) in [5, 5.41) is 3.81. The van der Waals surface area contributed by atoms with Crippen LogP contribution in [0.15, 0.2) is 48.5 Å². The first kappa shape index (κ1) is 21.7. The van der Waals surface area contributed by atoms with Gasteiger partial charge in [0.1, 0.15) is 17.1 Å². The van der Waals surface area contributed by atoms with Gasteiger partial charge >= 0.3 is 0 Å². The highest BCUT2D eigenvalue weighted by Crippen LogP contribution is 2.30. The number of carbonyl (C=O) groups is 1. The smallest absolute Gasteiger partial charge is 0.262 e. The van der Waals surface area contributed by atoms with Crippen LogP contribution < -0.4 is 24.4 Å². The molecule has 1 aliphatic heterocycles. The van der Waals surface area contributed by atoms with Gasteiger partial charge in [-0.2, -0.15) is 0 Å². The minimum Gasteiger partial charge on any atom is -0.493 e. The highest BCUT2D eigenvalue weighted by atomic mass is 16.5. The van der Waals surface area contributed by atoms with Crippen molar-refractivity contribution in [1.82, 2.24) is 4.98 Å². The summed E-state index contributed by atoms with van der Waals surface area (Å²) in [4.78, 5) is 19.7. The van der Waals surface area contributed by atoms with E-state index in [0.717, 1.165) is 35.7 Å². The molecule has 0 spiro atoms.